The van der Waals surface area contributed by atoms with Crippen LogP contribution in [0.2, 0.25) is 0 Å². The molecule has 2 aromatic rings. The van der Waals surface area contributed by atoms with E-state index in [1.54, 1.807) is 42.5 Å². The molecule has 1 aliphatic heterocycles. The van der Waals surface area contributed by atoms with Crippen LogP contribution >= 0.6 is 15.9 Å². The van der Waals surface area contributed by atoms with E-state index < -0.39 is 17.9 Å². The van der Waals surface area contributed by atoms with Gasteiger partial charge in [-0.2, -0.15) is 5.26 Å². The van der Waals surface area contributed by atoms with Gasteiger partial charge in [0.25, 0.3) is 0 Å². The topological polar surface area (TPSA) is 115 Å². The summed E-state index contributed by atoms with van der Waals surface area (Å²) in [6.45, 7) is 1.82. The van der Waals surface area contributed by atoms with Gasteiger partial charge in [-0.1, -0.05) is 46.3 Å². The number of benzene rings is 2. The molecular weight excluding hydrogens is 490 g/mol. The molecule has 2 aromatic carbocycles. The van der Waals surface area contributed by atoms with E-state index in [-0.39, 0.29) is 22.7 Å². The number of esters is 2. The molecular formula is C24H22BrN3O5. The van der Waals surface area contributed by atoms with Gasteiger partial charge >= 0.3 is 11.9 Å². The van der Waals surface area contributed by atoms with Gasteiger partial charge < -0.3 is 19.9 Å². The average Bonchev–Trinajstić information content (AvgIpc) is 2.84. The van der Waals surface area contributed by atoms with Gasteiger partial charge in [0.1, 0.15) is 17.3 Å². The Hall–Kier alpha value is -3.77. The van der Waals surface area contributed by atoms with Crippen molar-refractivity contribution in [3.05, 3.63) is 80.7 Å². The fraction of sp³-hybridized carbons (Fsp3) is 0.208. The number of rotatable bonds is 5. The molecule has 0 aliphatic carbocycles. The summed E-state index contributed by atoms with van der Waals surface area (Å²) in [5.74, 6) is -2.18. The maximum Gasteiger partial charge on any atom is 0.355 e. The molecule has 1 unspecified atom stereocenters. The van der Waals surface area contributed by atoms with Crippen molar-refractivity contribution >= 4 is 33.6 Å². The molecule has 0 saturated heterocycles. The molecule has 33 heavy (non-hydrogen) atoms. The minimum absolute atomic E-state index is 0.0283. The number of hydrogen-bond acceptors (Lipinski definition) is 8. The van der Waals surface area contributed by atoms with Gasteiger partial charge in [0.2, 0.25) is 0 Å². The summed E-state index contributed by atoms with van der Waals surface area (Å²) < 4.78 is 16.4. The summed E-state index contributed by atoms with van der Waals surface area (Å²) in [6.07, 6.45) is 0. The second kappa shape index (κ2) is 9.79. The third-order valence-electron chi connectivity index (χ3n) is 5.37. The smallest absolute Gasteiger partial charge is 0.355 e. The molecule has 0 fully saturated rings. The number of halogens is 1. The van der Waals surface area contributed by atoms with E-state index in [4.69, 9.17) is 19.9 Å². The van der Waals surface area contributed by atoms with Crippen LogP contribution in [0.25, 0.3) is 0 Å². The highest BCUT2D eigenvalue weighted by atomic mass is 79.9. The van der Waals surface area contributed by atoms with Crippen molar-refractivity contribution in [3.8, 4) is 11.8 Å². The monoisotopic (exact) mass is 511 g/mol. The van der Waals surface area contributed by atoms with Gasteiger partial charge in [0.05, 0.1) is 50.2 Å². The Bertz CT molecular complexity index is 1210. The van der Waals surface area contributed by atoms with E-state index in [1.165, 1.54) is 26.2 Å². The van der Waals surface area contributed by atoms with Gasteiger partial charge in [-0.3, -0.25) is 4.90 Å². The Balaban J connectivity index is 2.47. The number of allylic oxidation sites excluding steroid dienone is 1. The van der Waals surface area contributed by atoms with Crippen molar-refractivity contribution in [1.29, 1.82) is 5.26 Å². The van der Waals surface area contributed by atoms with Crippen molar-refractivity contribution in [2.24, 2.45) is 5.73 Å². The molecule has 0 bridgehead atoms. The highest BCUT2D eigenvalue weighted by molar-refractivity contribution is 9.10. The summed E-state index contributed by atoms with van der Waals surface area (Å²) in [4.78, 5) is 27.5. The van der Waals surface area contributed by atoms with Crippen LogP contribution in [0.3, 0.4) is 0 Å². The molecule has 170 valence electrons. The summed E-state index contributed by atoms with van der Waals surface area (Å²) >= 11 is 3.46. The first kappa shape index (κ1) is 23.9. The van der Waals surface area contributed by atoms with Gasteiger partial charge in [0.15, 0.2) is 0 Å². The third-order valence-corrected chi connectivity index (χ3v) is 6.23. The van der Waals surface area contributed by atoms with E-state index in [0.29, 0.717) is 17.0 Å². The number of carbonyl (C=O) groups is 2. The third kappa shape index (κ3) is 4.05. The molecule has 9 heteroatoms. The lowest BCUT2D eigenvalue weighted by atomic mass is 9.81. The first-order valence-electron chi connectivity index (χ1n) is 9.80. The van der Waals surface area contributed by atoms with Crippen LogP contribution in [0, 0.1) is 18.3 Å². The number of methoxy groups -OCH3 is 3. The summed E-state index contributed by atoms with van der Waals surface area (Å²) in [6, 6.07) is 14.4. The number of carbonyl (C=O) groups excluding carboxylic acids is 2. The van der Waals surface area contributed by atoms with Crippen LogP contribution in [-0.4, -0.2) is 33.3 Å². The number of nitriles is 1. The second-order valence-electron chi connectivity index (χ2n) is 7.06. The average molecular weight is 512 g/mol. The molecule has 0 saturated carbocycles. The molecule has 0 amide bonds. The minimum Gasteiger partial charge on any atom is -0.494 e. The lowest BCUT2D eigenvalue weighted by Gasteiger charge is -2.36. The van der Waals surface area contributed by atoms with Crippen LogP contribution in [0.15, 0.2) is 69.6 Å². The van der Waals surface area contributed by atoms with Gasteiger partial charge in [-0.05, 0) is 24.6 Å². The number of hydrogen-bond donors (Lipinski definition) is 1. The molecule has 0 spiro atoms. The van der Waals surface area contributed by atoms with Crippen LogP contribution < -0.4 is 15.4 Å². The number of nitrogens with two attached hydrogens (primary N) is 1. The Morgan fingerprint density at radius 3 is 2.24 bits per heavy atom. The number of anilines is 1. The van der Waals surface area contributed by atoms with Gasteiger partial charge in [-0.25, -0.2) is 9.59 Å². The van der Waals surface area contributed by atoms with E-state index in [2.05, 4.69) is 22.0 Å². The number of nitrogens with zero attached hydrogens (tertiary/aromatic N) is 2. The Labute approximate surface area is 200 Å². The SMILES string of the molecule is COC(=O)C1=C(C(=O)OC)N(c2ccc(Br)c(C)c2OC)C(N)=C(C#N)C1c1ccccc1. The zero-order chi connectivity index (χ0) is 24.3. The fourth-order valence-corrected chi connectivity index (χ4v) is 4.16. The Kier molecular flexibility index (Phi) is 7.09. The first-order chi connectivity index (χ1) is 15.8. The van der Waals surface area contributed by atoms with E-state index >= 15 is 0 Å². The van der Waals surface area contributed by atoms with Crippen LogP contribution in [-0.2, 0) is 19.1 Å². The lowest BCUT2D eigenvalue weighted by Crippen LogP contribution is -2.41. The molecule has 1 aliphatic rings. The molecule has 0 radical (unpaired) electrons. The highest BCUT2D eigenvalue weighted by Gasteiger charge is 2.43. The predicted molar refractivity (Wildman–Crippen MR) is 125 cm³/mol. The fourth-order valence-electron chi connectivity index (χ4n) is 3.85. The van der Waals surface area contributed by atoms with Crippen molar-refractivity contribution < 1.29 is 23.8 Å². The normalized spacial score (nSPS) is 15.8. The Morgan fingerprint density at radius 2 is 1.70 bits per heavy atom. The minimum atomic E-state index is -0.934. The number of ether oxygens (including phenoxy) is 3. The largest absolute Gasteiger partial charge is 0.494 e. The van der Waals surface area contributed by atoms with Gasteiger partial charge in [-0.15, -0.1) is 0 Å². The van der Waals surface area contributed by atoms with Crippen molar-refractivity contribution in [1.82, 2.24) is 0 Å². The van der Waals surface area contributed by atoms with E-state index in [9.17, 15) is 14.9 Å². The summed E-state index contributed by atoms with van der Waals surface area (Å²) in [5, 5.41) is 10.1. The van der Waals surface area contributed by atoms with Crippen molar-refractivity contribution in [3.63, 3.8) is 0 Å². The van der Waals surface area contributed by atoms with Crippen LogP contribution in [0.1, 0.15) is 17.0 Å². The van der Waals surface area contributed by atoms with Crippen molar-refractivity contribution in [2.45, 2.75) is 12.8 Å². The van der Waals surface area contributed by atoms with Crippen LogP contribution in [0.5, 0.6) is 5.75 Å². The molecule has 3 rings (SSSR count). The summed E-state index contributed by atoms with van der Waals surface area (Å²) in [7, 11) is 3.88. The maximum atomic E-state index is 13.1. The molecule has 1 heterocycles. The van der Waals surface area contributed by atoms with Crippen LogP contribution in [0.4, 0.5) is 5.69 Å². The van der Waals surface area contributed by atoms with Crippen molar-refractivity contribution in [2.75, 3.05) is 26.2 Å². The lowest BCUT2D eigenvalue weighted by molar-refractivity contribution is -0.139. The zero-order valence-corrected chi connectivity index (χ0v) is 20.1. The predicted octanol–water partition coefficient (Wildman–Crippen LogP) is 3.66. The standard InChI is InChI=1S/C24H22BrN3O5/c1-13-16(25)10-11-17(21(13)31-2)28-20(24(30)33-4)19(23(29)32-3)18(15(12-26)22(28)27)14-8-6-5-7-9-14/h5-11,18H,27H2,1-4H3. The molecule has 1 atom stereocenters. The molecule has 0 aromatic heterocycles. The Morgan fingerprint density at radius 1 is 1.06 bits per heavy atom. The van der Waals surface area contributed by atoms with Gasteiger partial charge in [0, 0.05) is 10.0 Å². The summed E-state index contributed by atoms with van der Waals surface area (Å²) in [5.41, 5.74) is 8.06. The molecule has 2 N–H and O–H groups in total. The zero-order valence-electron chi connectivity index (χ0n) is 18.5. The quantitative estimate of drug-likeness (QED) is 0.604. The first-order valence-corrected chi connectivity index (χ1v) is 10.6. The van der Waals surface area contributed by atoms with E-state index in [1.807, 2.05) is 6.92 Å². The maximum absolute atomic E-state index is 13.1. The van der Waals surface area contributed by atoms with E-state index in [0.717, 1.165) is 10.0 Å². The second-order valence-corrected chi connectivity index (χ2v) is 7.91. The molecule has 8 nitrogen and oxygen atoms in total. The highest BCUT2D eigenvalue weighted by Crippen LogP contribution is 2.46.